The van der Waals surface area contributed by atoms with Gasteiger partial charge in [-0.1, -0.05) is 19.1 Å². The largest absolute Gasteiger partial charge is 0.496 e. The summed E-state index contributed by atoms with van der Waals surface area (Å²) < 4.78 is 5.32. The van der Waals surface area contributed by atoms with Gasteiger partial charge in [0.2, 0.25) is 11.8 Å². The first-order valence-corrected chi connectivity index (χ1v) is 8.35. The lowest BCUT2D eigenvalue weighted by atomic mass is 10.1. The lowest BCUT2D eigenvalue weighted by Crippen LogP contribution is -2.29. The number of aromatic amines is 1. The second kappa shape index (κ2) is 7.38. The van der Waals surface area contributed by atoms with Gasteiger partial charge in [0, 0.05) is 30.5 Å². The van der Waals surface area contributed by atoms with E-state index in [2.05, 4.69) is 20.8 Å². The normalized spacial score (nSPS) is 18.5. The van der Waals surface area contributed by atoms with Crippen LogP contribution in [-0.4, -0.2) is 35.7 Å². The third kappa shape index (κ3) is 4.17. The first kappa shape index (κ1) is 17.0. The van der Waals surface area contributed by atoms with Gasteiger partial charge in [-0.25, -0.2) is 0 Å². The van der Waals surface area contributed by atoms with Crippen LogP contribution in [0.1, 0.15) is 19.8 Å². The van der Waals surface area contributed by atoms with Crippen molar-refractivity contribution in [2.75, 3.05) is 19.0 Å². The van der Waals surface area contributed by atoms with Crippen molar-refractivity contribution in [2.45, 2.75) is 19.8 Å². The fourth-order valence-corrected chi connectivity index (χ4v) is 2.71. The van der Waals surface area contributed by atoms with Gasteiger partial charge in [0.1, 0.15) is 5.75 Å². The molecular weight excluding hydrogens is 320 g/mol. The molecule has 1 heterocycles. The number of nitrogens with one attached hydrogen (secondary N) is 3. The molecule has 132 valence electrons. The smallest absolute Gasteiger partial charge is 0.227 e. The Labute approximate surface area is 146 Å². The Balaban J connectivity index is 1.51. The number of ether oxygens (including phenoxy) is 1. The highest BCUT2D eigenvalue weighted by Gasteiger charge is 2.38. The number of para-hydroxylation sites is 1. The summed E-state index contributed by atoms with van der Waals surface area (Å²) in [5.41, 5.74) is 1.62. The zero-order valence-corrected chi connectivity index (χ0v) is 14.3. The summed E-state index contributed by atoms with van der Waals surface area (Å²) in [7, 11) is 1.61. The molecule has 1 saturated carbocycles. The van der Waals surface area contributed by atoms with Gasteiger partial charge in [-0.2, -0.15) is 5.10 Å². The van der Waals surface area contributed by atoms with Gasteiger partial charge >= 0.3 is 0 Å². The number of nitrogens with zero attached hydrogens (tertiary/aromatic N) is 1. The van der Waals surface area contributed by atoms with E-state index < -0.39 is 0 Å². The maximum atomic E-state index is 12.0. The van der Waals surface area contributed by atoms with Crippen LogP contribution in [0.4, 0.5) is 5.82 Å². The van der Waals surface area contributed by atoms with E-state index in [9.17, 15) is 9.59 Å². The van der Waals surface area contributed by atoms with Crippen molar-refractivity contribution >= 4 is 17.6 Å². The first-order valence-electron chi connectivity index (χ1n) is 8.35. The summed E-state index contributed by atoms with van der Waals surface area (Å²) >= 11 is 0. The van der Waals surface area contributed by atoms with Crippen LogP contribution in [-0.2, 0) is 9.59 Å². The molecule has 0 spiro atoms. The van der Waals surface area contributed by atoms with Gasteiger partial charge in [-0.15, -0.1) is 0 Å². The van der Waals surface area contributed by atoms with E-state index in [0.717, 1.165) is 23.4 Å². The average Bonchev–Trinajstić information content (AvgIpc) is 3.17. The second-order valence-electron chi connectivity index (χ2n) is 6.28. The van der Waals surface area contributed by atoms with Gasteiger partial charge in [0.25, 0.3) is 0 Å². The molecule has 7 nitrogen and oxygen atoms in total. The number of hydrogen-bond donors (Lipinski definition) is 3. The maximum Gasteiger partial charge on any atom is 0.227 e. The Hall–Kier alpha value is -2.83. The molecule has 2 amide bonds. The van der Waals surface area contributed by atoms with Gasteiger partial charge in [0.15, 0.2) is 5.82 Å². The number of carbonyl (C=O) groups is 2. The van der Waals surface area contributed by atoms with E-state index in [1.165, 1.54) is 0 Å². The molecule has 3 rings (SSSR count). The molecule has 0 radical (unpaired) electrons. The molecule has 1 aliphatic carbocycles. The van der Waals surface area contributed by atoms with Crippen molar-refractivity contribution in [1.82, 2.24) is 15.5 Å². The molecule has 3 N–H and O–H groups in total. The van der Waals surface area contributed by atoms with Crippen LogP contribution >= 0.6 is 0 Å². The molecule has 1 aromatic heterocycles. The van der Waals surface area contributed by atoms with Gasteiger partial charge in [-0.05, 0) is 24.5 Å². The predicted octanol–water partition coefficient (Wildman–Crippen LogP) is 2.19. The minimum atomic E-state index is -0.192. The molecular formula is C18H22N4O3. The van der Waals surface area contributed by atoms with Crippen LogP contribution in [0.25, 0.3) is 11.3 Å². The predicted molar refractivity (Wildman–Crippen MR) is 94.1 cm³/mol. The number of rotatable bonds is 7. The van der Waals surface area contributed by atoms with E-state index in [1.807, 2.05) is 31.2 Å². The Kier molecular flexibility index (Phi) is 5.02. The van der Waals surface area contributed by atoms with Crippen LogP contribution in [0, 0.1) is 11.8 Å². The van der Waals surface area contributed by atoms with Gasteiger partial charge in [0.05, 0.1) is 12.8 Å². The number of amides is 2. The Morgan fingerprint density at radius 1 is 1.36 bits per heavy atom. The summed E-state index contributed by atoms with van der Waals surface area (Å²) in [6.07, 6.45) is 1.15. The summed E-state index contributed by atoms with van der Waals surface area (Å²) in [5, 5.41) is 12.5. The van der Waals surface area contributed by atoms with E-state index in [-0.39, 0.29) is 24.2 Å². The van der Waals surface area contributed by atoms with E-state index in [1.54, 1.807) is 13.2 Å². The molecule has 2 aromatic rings. The van der Waals surface area contributed by atoms with Crippen LogP contribution < -0.4 is 15.4 Å². The van der Waals surface area contributed by atoms with Crippen LogP contribution in [0.3, 0.4) is 0 Å². The highest BCUT2D eigenvalue weighted by molar-refractivity contribution is 5.91. The number of benzene rings is 1. The van der Waals surface area contributed by atoms with Gasteiger partial charge in [-0.3, -0.25) is 14.7 Å². The number of methoxy groups -OCH3 is 1. The summed E-state index contributed by atoms with van der Waals surface area (Å²) in [6, 6.07) is 9.31. The average molecular weight is 342 g/mol. The molecule has 1 aliphatic rings. The quantitative estimate of drug-likeness (QED) is 0.718. The number of H-pyrrole nitrogens is 1. The van der Waals surface area contributed by atoms with Crippen molar-refractivity contribution < 1.29 is 14.3 Å². The molecule has 2 unspecified atom stereocenters. The molecule has 25 heavy (non-hydrogen) atoms. The zero-order valence-electron chi connectivity index (χ0n) is 14.3. The molecule has 1 fully saturated rings. The fourth-order valence-electron chi connectivity index (χ4n) is 2.71. The molecule has 0 bridgehead atoms. The number of aromatic nitrogens is 2. The number of anilines is 1. The highest BCUT2D eigenvalue weighted by Crippen LogP contribution is 2.37. The molecule has 0 aliphatic heterocycles. The van der Waals surface area contributed by atoms with Crippen molar-refractivity contribution in [3.8, 4) is 17.0 Å². The summed E-state index contributed by atoms with van der Waals surface area (Å²) in [5.74, 6) is 1.60. The topological polar surface area (TPSA) is 96.1 Å². The lowest BCUT2D eigenvalue weighted by Gasteiger charge is -2.05. The van der Waals surface area contributed by atoms with Crippen molar-refractivity contribution in [3.63, 3.8) is 0 Å². The van der Waals surface area contributed by atoms with E-state index in [4.69, 9.17) is 4.74 Å². The van der Waals surface area contributed by atoms with E-state index in [0.29, 0.717) is 18.3 Å². The monoisotopic (exact) mass is 342 g/mol. The summed E-state index contributed by atoms with van der Waals surface area (Å²) in [4.78, 5) is 23.7. The molecule has 0 saturated heterocycles. The highest BCUT2D eigenvalue weighted by atomic mass is 16.5. The molecule has 7 heteroatoms. The lowest BCUT2D eigenvalue weighted by molar-refractivity contribution is -0.122. The zero-order chi connectivity index (χ0) is 17.8. The van der Waals surface area contributed by atoms with Crippen molar-refractivity contribution in [2.24, 2.45) is 11.8 Å². The van der Waals surface area contributed by atoms with Crippen LogP contribution in [0.2, 0.25) is 0 Å². The van der Waals surface area contributed by atoms with Crippen LogP contribution in [0.15, 0.2) is 30.3 Å². The molecule has 2 atom stereocenters. The first-order chi connectivity index (χ1) is 12.1. The van der Waals surface area contributed by atoms with Crippen molar-refractivity contribution in [3.05, 3.63) is 30.3 Å². The third-order valence-electron chi connectivity index (χ3n) is 4.34. The second-order valence-corrected chi connectivity index (χ2v) is 6.28. The summed E-state index contributed by atoms with van der Waals surface area (Å²) in [6.45, 7) is 2.38. The van der Waals surface area contributed by atoms with Gasteiger partial charge < -0.3 is 15.4 Å². The Morgan fingerprint density at radius 3 is 2.84 bits per heavy atom. The molecule has 1 aromatic carbocycles. The minimum absolute atomic E-state index is 0.0403. The SMILES string of the molecule is COc1ccccc1-c1cc(NC(=O)CCNC(=O)C2CC2C)n[nH]1. The standard InChI is InChI=1S/C18H22N4O3/c1-11-9-13(11)18(24)19-8-7-17(23)20-16-10-14(21-22-16)12-5-3-4-6-15(12)25-2/h3-6,10-11,13H,7-9H2,1-2H3,(H,19,24)(H2,20,21,22,23). The minimum Gasteiger partial charge on any atom is -0.496 e. The number of hydrogen-bond acceptors (Lipinski definition) is 4. The van der Waals surface area contributed by atoms with Crippen molar-refractivity contribution in [1.29, 1.82) is 0 Å². The van der Waals surface area contributed by atoms with Crippen LogP contribution in [0.5, 0.6) is 5.75 Å². The maximum absolute atomic E-state index is 12.0. The Bertz CT molecular complexity index is 771. The Morgan fingerprint density at radius 2 is 2.12 bits per heavy atom. The third-order valence-corrected chi connectivity index (χ3v) is 4.34. The van der Waals surface area contributed by atoms with E-state index >= 15 is 0 Å². The fraction of sp³-hybridized carbons (Fsp3) is 0.389. The number of carbonyl (C=O) groups excluding carboxylic acids is 2.